The van der Waals surface area contributed by atoms with Gasteiger partial charge in [0.15, 0.2) is 0 Å². The summed E-state index contributed by atoms with van der Waals surface area (Å²) in [5.41, 5.74) is 0. The molecule has 0 fully saturated rings. The molecular weight excluding hydrogens is 180 g/mol. The maximum Gasteiger partial charge on any atom is 0.328 e. The number of methoxy groups -OCH3 is 1. The van der Waals surface area contributed by atoms with E-state index in [0.29, 0.717) is 5.13 Å². The van der Waals surface area contributed by atoms with Crippen molar-refractivity contribution in [3.63, 3.8) is 0 Å². The Bertz CT molecular complexity index is 250. The van der Waals surface area contributed by atoms with Crippen molar-refractivity contribution in [3.8, 4) is 0 Å². The molecule has 1 aromatic rings. The van der Waals surface area contributed by atoms with Gasteiger partial charge in [-0.05, 0) is 12.1 Å². The highest BCUT2D eigenvalue weighted by molar-refractivity contribution is 7.09. The van der Waals surface area contributed by atoms with Gasteiger partial charge >= 0.3 is 5.97 Å². The van der Waals surface area contributed by atoms with Crippen molar-refractivity contribution < 1.29 is 9.53 Å². The fraction of sp³-hybridized carbons (Fsp3) is 0.600. The molecule has 0 aliphatic heterocycles. The van der Waals surface area contributed by atoms with E-state index in [4.69, 9.17) is 0 Å². The number of rotatable bonds is 3. The van der Waals surface area contributed by atoms with Crippen LogP contribution in [-0.4, -0.2) is 33.9 Å². The van der Waals surface area contributed by atoms with Crippen molar-refractivity contribution in [2.45, 2.75) is 13.0 Å². The van der Waals surface area contributed by atoms with Gasteiger partial charge in [0.2, 0.25) is 5.13 Å². The summed E-state index contributed by atoms with van der Waals surface area (Å²) in [6.45, 7) is 1.67. The molecule has 1 atom stereocenters. The van der Waals surface area contributed by atoms with E-state index in [9.17, 15) is 4.79 Å². The maximum atomic E-state index is 10.9. The summed E-state index contributed by atoms with van der Waals surface area (Å²) in [5.74, 6) is -0.342. The second-order valence-corrected chi connectivity index (χ2v) is 2.79. The minimum atomic E-state index is -0.426. The first kappa shape index (κ1) is 8.85. The third-order valence-corrected chi connectivity index (χ3v) is 1.72. The van der Waals surface area contributed by atoms with E-state index in [-0.39, 0.29) is 5.97 Å². The van der Waals surface area contributed by atoms with E-state index < -0.39 is 6.04 Å². The average molecular weight is 188 g/mol. The fourth-order valence-corrected chi connectivity index (χ4v) is 1.06. The molecule has 1 heterocycles. The van der Waals surface area contributed by atoms with E-state index in [1.165, 1.54) is 7.11 Å². The van der Waals surface area contributed by atoms with Crippen molar-refractivity contribution in [1.82, 2.24) is 14.8 Å². The number of esters is 1. The van der Waals surface area contributed by atoms with Gasteiger partial charge in [-0.3, -0.25) is 0 Å². The topological polar surface area (TPSA) is 77.0 Å². The van der Waals surface area contributed by atoms with Crippen LogP contribution in [0, 0.1) is 0 Å². The number of nitrogens with zero attached hydrogens (tertiary/aromatic N) is 3. The minimum absolute atomic E-state index is 0.342. The number of nitrogens with one attached hydrogen (secondary N) is 1. The monoisotopic (exact) mass is 188 g/mol. The molecular formula is C5H8N4O2S. The largest absolute Gasteiger partial charge is 0.467 e. The second kappa shape index (κ2) is 3.96. The number of carbonyl (C=O) groups excluding carboxylic acids is 1. The molecule has 1 aromatic heterocycles. The van der Waals surface area contributed by atoms with E-state index >= 15 is 0 Å². The zero-order valence-electron chi connectivity index (χ0n) is 6.64. The van der Waals surface area contributed by atoms with E-state index in [1.54, 1.807) is 6.92 Å². The van der Waals surface area contributed by atoms with Crippen LogP contribution in [0.1, 0.15) is 6.92 Å². The average Bonchev–Trinajstić information content (AvgIpc) is 2.55. The maximum absolute atomic E-state index is 10.9. The Labute approximate surface area is 73.1 Å². The van der Waals surface area contributed by atoms with Gasteiger partial charge in [-0.2, -0.15) is 0 Å². The molecule has 0 saturated carbocycles. The summed E-state index contributed by atoms with van der Waals surface area (Å²) >= 11 is 1.09. The quantitative estimate of drug-likeness (QED) is 0.668. The van der Waals surface area contributed by atoms with Gasteiger partial charge in [-0.15, -0.1) is 0 Å². The molecule has 0 bridgehead atoms. The zero-order chi connectivity index (χ0) is 8.97. The Morgan fingerprint density at radius 1 is 1.75 bits per heavy atom. The van der Waals surface area contributed by atoms with Crippen molar-refractivity contribution in [3.05, 3.63) is 0 Å². The first-order valence-electron chi connectivity index (χ1n) is 3.23. The van der Waals surface area contributed by atoms with Crippen LogP contribution in [0.15, 0.2) is 0 Å². The van der Waals surface area contributed by atoms with Crippen LogP contribution >= 0.6 is 11.5 Å². The van der Waals surface area contributed by atoms with Crippen molar-refractivity contribution in [2.24, 2.45) is 0 Å². The summed E-state index contributed by atoms with van der Waals surface area (Å²) in [4.78, 5) is 10.9. The van der Waals surface area contributed by atoms with E-state index in [2.05, 4.69) is 24.9 Å². The lowest BCUT2D eigenvalue weighted by Crippen LogP contribution is -2.27. The predicted octanol–water partition coefficient (Wildman–Crippen LogP) is -0.0935. The summed E-state index contributed by atoms with van der Waals surface area (Å²) in [6, 6.07) is -0.426. The molecule has 0 aliphatic rings. The molecule has 0 aliphatic carbocycles. The Balaban J connectivity index is 2.47. The van der Waals surface area contributed by atoms with Crippen LogP contribution in [0.5, 0.6) is 0 Å². The van der Waals surface area contributed by atoms with Crippen LogP contribution in [0.4, 0.5) is 5.13 Å². The number of hydrogen-bond acceptors (Lipinski definition) is 7. The van der Waals surface area contributed by atoms with Crippen molar-refractivity contribution >= 4 is 22.6 Å². The lowest BCUT2D eigenvalue weighted by Gasteiger charge is -2.08. The fourth-order valence-electron chi connectivity index (χ4n) is 0.610. The Hall–Kier alpha value is -1.24. The van der Waals surface area contributed by atoms with Gasteiger partial charge in [-0.25, -0.2) is 4.79 Å². The smallest absolute Gasteiger partial charge is 0.328 e. The van der Waals surface area contributed by atoms with Gasteiger partial charge in [-0.1, -0.05) is 9.59 Å². The van der Waals surface area contributed by atoms with Gasteiger partial charge in [0.05, 0.1) is 7.11 Å². The molecule has 0 unspecified atom stereocenters. The van der Waals surface area contributed by atoms with Crippen LogP contribution in [0.3, 0.4) is 0 Å². The molecule has 0 saturated heterocycles. The first-order valence-corrected chi connectivity index (χ1v) is 4.00. The molecule has 0 spiro atoms. The van der Waals surface area contributed by atoms with Crippen LogP contribution in [0.2, 0.25) is 0 Å². The van der Waals surface area contributed by atoms with E-state index in [1.807, 2.05) is 0 Å². The number of hydrogen-bond donors (Lipinski definition) is 1. The standard InChI is InChI=1S/C5H8N4O2S/c1-3(4(10)11-2)6-5-7-8-9-12-5/h3H,1-2H3,(H,6,7,9)/t3-/m1/s1. The van der Waals surface area contributed by atoms with Gasteiger partial charge in [0, 0.05) is 11.5 Å². The molecule has 1 N–H and O–H groups in total. The van der Waals surface area contributed by atoms with Gasteiger partial charge in [0.1, 0.15) is 6.04 Å². The second-order valence-electron chi connectivity index (χ2n) is 2.06. The third-order valence-electron chi connectivity index (χ3n) is 1.19. The summed E-state index contributed by atoms with van der Waals surface area (Å²) in [6.07, 6.45) is 0. The summed E-state index contributed by atoms with van der Waals surface area (Å²) in [7, 11) is 1.33. The Kier molecular flexibility index (Phi) is 2.92. The van der Waals surface area contributed by atoms with Crippen LogP contribution in [-0.2, 0) is 9.53 Å². The molecule has 0 amide bonds. The van der Waals surface area contributed by atoms with E-state index in [0.717, 1.165) is 11.5 Å². The van der Waals surface area contributed by atoms with Gasteiger partial charge < -0.3 is 10.1 Å². The normalized spacial score (nSPS) is 12.2. The van der Waals surface area contributed by atoms with Crippen molar-refractivity contribution in [1.29, 1.82) is 0 Å². The highest BCUT2D eigenvalue weighted by Gasteiger charge is 2.13. The molecule has 1 rings (SSSR count). The number of ether oxygens (including phenoxy) is 1. The molecule has 12 heavy (non-hydrogen) atoms. The Morgan fingerprint density at radius 3 is 3.00 bits per heavy atom. The number of carbonyl (C=O) groups is 1. The third kappa shape index (κ3) is 2.12. The van der Waals surface area contributed by atoms with Crippen LogP contribution < -0.4 is 5.32 Å². The predicted molar refractivity (Wildman–Crippen MR) is 42.8 cm³/mol. The molecule has 66 valence electrons. The lowest BCUT2D eigenvalue weighted by atomic mass is 10.3. The first-order chi connectivity index (χ1) is 5.74. The molecule has 6 nitrogen and oxygen atoms in total. The number of aromatic nitrogens is 3. The highest BCUT2D eigenvalue weighted by Crippen LogP contribution is 2.06. The summed E-state index contributed by atoms with van der Waals surface area (Å²) in [5, 5.41) is 10.3. The lowest BCUT2D eigenvalue weighted by molar-refractivity contribution is -0.141. The molecule has 7 heteroatoms. The van der Waals surface area contributed by atoms with Crippen LogP contribution in [0.25, 0.3) is 0 Å². The minimum Gasteiger partial charge on any atom is -0.467 e. The zero-order valence-corrected chi connectivity index (χ0v) is 7.46. The summed E-state index contributed by atoms with van der Waals surface area (Å²) < 4.78 is 8.02. The van der Waals surface area contributed by atoms with Crippen molar-refractivity contribution in [2.75, 3.05) is 12.4 Å². The highest BCUT2D eigenvalue weighted by atomic mass is 32.1. The molecule has 0 aromatic carbocycles. The SMILES string of the molecule is COC(=O)[C@@H](C)Nc1nnns1. The van der Waals surface area contributed by atoms with Gasteiger partial charge in [0.25, 0.3) is 0 Å². The molecule has 0 radical (unpaired) electrons. The Morgan fingerprint density at radius 2 is 2.50 bits per heavy atom. The number of anilines is 1.